The Hall–Kier alpha value is -2.63. The number of aliphatic carboxylic acids is 1. The van der Waals surface area contributed by atoms with E-state index >= 15 is 0 Å². The zero-order valence-electron chi connectivity index (χ0n) is 10.4. The molecule has 4 rings (SSSR count). The van der Waals surface area contributed by atoms with Crippen LogP contribution in [0.5, 0.6) is 0 Å². The van der Waals surface area contributed by atoms with Crippen molar-refractivity contribution in [2.75, 3.05) is 0 Å². The lowest BCUT2D eigenvalue weighted by atomic mass is 9.98. The van der Waals surface area contributed by atoms with Gasteiger partial charge in [-0.2, -0.15) is 4.98 Å². The van der Waals surface area contributed by atoms with Crippen LogP contribution in [0.15, 0.2) is 35.2 Å². The second kappa shape index (κ2) is 3.93. The molecule has 100 valence electrons. The summed E-state index contributed by atoms with van der Waals surface area (Å²) in [4.78, 5) is 18.8. The van der Waals surface area contributed by atoms with Crippen LogP contribution in [-0.2, 0) is 4.79 Å². The molecule has 0 spiro atoms. The van der Waals surface area contributed by atoms with Crippen molar-refractivity contribution in [1.29, 1.82) is 0 Å². The molecule has 0 aliphatic heterocycles. The van der Waals surface area contributed by atoms with Crippen molar-refractivity contribution in [1.82, 2.24) is 15.1 Å². The van der Waals surface area contributed by atoms with E-state index in [2.05, 4.69) is 15.1 Å². The fourth-order valence-electron chi connectivity index (χ4n) is 3.10. The number of aromatic amines is 1. The molecular weight excluding hydrogens is 258 g/mol. The first-order valence-corrected chi connectivity index (χ1v) is 6.35. The van der Waals surface area contributed by atoms with Crippen molar-refractivity contribution in [3.8, 4) is 0 Å². The van der Waals surface area contributed by atoms with Crippen molar-refractivity contribution in [2.45, 2.75) is 18.3 Å². The summed E-state index contributed by atoms with van der Waals surface area (Å²) >= 11 is 0. The van der Waals surface area contributed by atoms with Gasteiger partial charge in [-0.15, -0.1) is 0 Å². The van der Waals surface area contributed by atoms with Gasteiger partial charge in [0.2, 0.25) is 6.39 Å². The lowest BCUT2D eigenvalue weighted by molar-refractivity contribution is -0.138. The monoisotopic (exact) mass is 269 g/mol. The van der Waals surface area contributed by atoms with Gasteiger partial charge in [0.05, 0.1) is 11.8 Å². The van der Waals surface area contributed by atoms with Crippen molar-refractivity contribution >= 4 is 16.9 Å². The highest BCUT2D eigenvalue weighted by Gasteiger charge is 2.40. The third-order valence-corrected chi connectivity index (χ3v) is 3.93. The summed E-state index contributed by atoms with van der Waals surface area (Å²) in [5.41, 5.74) is 2.68. The average molecular weight is 269 g/mol. The van der Waals surface area contributed by atoms with Gasteiger partial charge in [-0.1, -0.05) is 23.4 Å². The Morgan fingerprint density at radius 2 is 2.25 bits per heavy atom. The summed E-state index contributed by atoms with van der Waals surface area (Å²) in [5.74, 6) is -0.981. The highest BCUT2D eigenvalue weighted by Crippen LogP contribution is 2.47. The second-order valence-electron chi connectivity index (χ2n) is 4.97. The van der Waals surface area contributed by atoms with Gasteiger partial charge in [0.15, 0.2) is 5.82 Å². The lowest BCUT2D eigenvalue weighted by Gasteiger charge is -2.07. The molecule has 6 heteroatoms. The number of carboxylic acid groups (broad SMARTS) is 1. The van der Waals surface area contributed by atoms with Gasteiger partial charge in [0.25, 0.3) is 0 Å². The normalized spacial score (nSPS) is 21.2. The van der Waals surface area contributed by atoms with E-state index in [-0.39, 0.29) is 5.92 Å². The first kappa shape index (κ1) is 11.2. The number of H-pyrrole nitrogens is 1. The Morgan fingerprint density at radius 1 is 1.40 bits per heavy atom. The van der Waals surface area contributed by atoms with Crippen LogP contribution < -0.4 is 0 Å². The van der Waals surface area contributed by atoms with Crippen molar-refractivity contribution in [3.63, 3.8) is 0 Å². The van der Waals surface area contributed by atoms with Gasteiger partial charge in [-0.3, -0.25) is 4.79 Å². The molecule has 1 aliphatic carbocycles. The maximum Gasteiger partial charge on any atom is 0.312 e. The molecule has 3 aromatic rings. The SMILES string of the molecule is O=C(O)C1CC(c2ncon2)c2c1[nH]c1ccccc21. The molecule has 2 atom stereocenters. The summed E-state index contributed by atoms with van der Waals surface area (Å²) in [7, 11) is 0. The van der Waals surface area contributed by atoms with Gasteiger partial charge < -0.3 is 14.6 Å². The fourth-order valence-corrected chi connectivity index (χ4v) is 3.10. The van der Waals surface area contributed by atoms with Crippen LogP contribution >= 0.6 is 0 Å². The molecule has 2 unspecified atom stereocenters. The van der Waals surface area contributed by atoms with E-state index < -0.39 is 11.9 Å². The average Bonchev–Trinajstić information content (AvgIpc) is 3.13. The minimum absolute atomic E-state index is 0.138. The van der Waals surface area contributed by atoms with Crippen LogP contribution in [0.1, 0.15) is 35.3 Å². The summed E-state index contributed by atoms with van der Waals surface area (Å²) < 4.78 is 4.81. The number of nitrogens with zero attached hydrogens (tertiary/aromatic N) is 2. The molecule has 2 heterocycles. The number of benzene rings is 1. The molecular formula is C14H11N3O3. The van der Waals surface area contributed by atoms with E-state index in [1.54, 1.807) is 0 Å². The predicted octanol–water partition coefficient (Wildman–Crippen LogP) is 2.25. The molecule has 0 bridgehead atoms. The molecule has 0 fully saturated rings. The number of carbonyl (C=O) groups is 1. The van der Waals surface area contributed by atoms with Crippen LogP contribution in [0.3, 0.4) is 0 Å². The van der Waals surface area contributed by atoms with Gasteiger partial charge >= 0.3 is 5.97 Å². The largest absolute Gasteiger partial charge is 0.481 e. The Morgan fingerprint density at radius 3 is 3.00 bits per heavy atom. The number of para-hydroxylation sites is 1. The number of fused-ring (bicyclic) bond motifs is 3. The lowest BCUT2D eigenvalue weighted by Crippen LogP contribution is -2.09. The zero-order valence-corrected chi connectivity index (χ0v) is 10.4. The minimum Gasteiger partial charge on any atom is -0.481 e. The maximum atomic E-state index is 11.5. The summed E-state index contributed by atoms with van der Waals surface area (Å²) in [6.45, 7) is 0. The van der Waals surface area contributed by atoms with Gasteiger partial charge in [-0.25, -0.2) is 0 Å². The first-order valence-electron chi connectivity index (χ1n) is 6.35. The fraction of sp³-hybridized carbons (Fsp3) is 0.214. The highest BCUT2D eigenvalue weighted by molar-refractivity contribution is 5.90. The third kappa shape index (κ3) is 1.41. The Labute approximate surface area is 113 Å². The van der Waals surface area contributed by atoms with Crippen LogP contribution in [0.4, 0.5) is 0 Å². The maximum absolute atomic E-state index is 11.5. The quantitative estimate of drug-likeness (QED) is 0.744. The Bertz CT molecular complexity index is 791. The standard InChI is InChI=1S/C14H11N3O3/c18-14(19)9-5-8(13-15-6-20-17-13)11-7-3-1-2-4-10(7)16-12(9)11/h1-4,6,8-9,16H,5H2,(H,18,19). The zero-order chi connectivity index (χ0) is 13.7. The number of hydrogen-bond donors (Lipinski definition) is 2. The molecule has 20 heavy (non-hydrogen) atoms. The van der Waals surface area contributed by atoms with E-state index in [0.717, 1.165) is 22.2 Å². The molecule has 0 radical (unpaired) electrons. The second-order valence-corrected chi connectivity index (χ2v) is 4.97. The van der Waals surface area contributed by atoms with E-state index in [0.29, 0.717) is 12.2 Å². The predicted molar refractivity (Wildman–Crippen MR) is 69.4 cm³/mol. The number of carboxylic acids is 1. The van der Waals surface area contributed by atoms with Crippen LogP contribution in [-0.4, -0.2) is 26.2 Å². The molecule has 1 aliphatic rings. The van der Waals surface area contributed by atoms with Crippen molar-refractivity contribution in [3.05, 3.63) is 47.7 Å². The third-order valence-electron chi connectivity index (χ3n) is 3.93. The molecule has 0 saturated carbocycles. The molecule has 1 aromatic carbocycles. The van der Waals surface area contributed by atoms with Gasteiger partial charge in [0.1, 0.15) is 0 Å². The van der Waals surface area contributed by atoms with Crippen molar-refractivity contribution < 1.29 is 14.4 Å². The molecule has 6 nitrogen and oxygen atoms in total. The van der Waals surface area contributed by atoms with Crippen molar-refractivity contribution in [2.24, 2.45) is 0 Å². The van der Waals surface area contributed by atoms with E-state index in [1.165, 1.54) is 6.39 Å². The van der Waals surface area contributed by atoms with E-state index in [9.17, 15) is 9.90 Å². The Balaban J connectivity index is 1.98. The van der Waals surface area contributed by atoms with Crippen LogP contribution in [0, 0.1) is 0 Å². The smallest absolute Gasteiger partial charge is 0.312 e. The summed E-state index contributed by atoms with van der Waals surface area (Å²) in [6.07, 6.45) is 1.73. The van der Waals surface area contributed by atoms with Crippen LogP contribution in [0.25, 0.3) is 10.9 Å². The molecule has 2 N–H and O–H groups in total. The molecule has 0 saturated heterocycles. The number of aromatic nitrogens is 3. The molecule has 2 aromatic heterocycles. The summed E-state index contributed by atoms with van der Waals surface area (Å²) in [6, 6.07) is 7.80. The first-order chi connectivity index (χ1) is 9.75. The Kier molecular flexibility index (Phi) is 2.20. The molecule has 0 amide bonds. The minimum atomic E-state index is -0.830. The van der Waals surface area contributed by atoms with Gasteiger partial charge in [0, 0.05) is 16.6 Å². The topological polar surface area (TPSA) is 92.0 Å². The van der Waals surface area contributed by atoms with E-state index in [4.69, 9.17) is 4.52 Å². The highest BCUT2D eigenvalue weighted by atomic mass is 16.5. The number of hydrogen-bond acceptors (Lipinski definition) is 4. The number of nitrogens with one attached hydrogen (secondary N) is 1. The summed E-state index contributed by atoms with van der Waals surface area (Å²) in [5, 5.41) is 14.3. The van der Waals surface area contributed by atoms with Crippen LogP contribution in [0.2, 0.25) is 0 Å². The van der Waals surface area contributed by atoms with Gasteiger partial charge in [-0.05, 0) is 18.1 Å². The van der Waals surface area contributed by atoms with E-state index in [1.807, 2.05) is 24.3 Å². The number of rotatable bonds is 2.